The van der Waals surface area contributed by atoms with E-state index < -0.39 is 55.1 Å². The number of hydrogen-bond donors (Lipinski definition) is 10. The first kappa shape index (κ1) is 16.5. The van der Waals surface area contributed by atoms with E-state index in [1.807, 2.05) is 0 Å². The lowest BCUT2D eigenvalue weighted by Crippen LogP contribution is -2.67. The molecule has 10 N–H and O–H groups in total. The lowest BCUT2D eigenvalue weighted by atomic mass is 10.1. The van der Waals surface area contributed by atoms with E-state index >= 15 is 0 Å². The summed E-state index contributed by atoms with van der Waals surface area (Å²) in [5.74, 6) is -6.37. The summed E-state index contributed by atoms with van der Waals surface area (Å²) >= 11 is 0. The molecule has 1 rings (SSSR count). The highest BCUT2D eigenvalue weighted by atomic mass is 16.5. The molecule has 0 atom stereocenters. The molecule has 0 radical (unpaired) electrons. The molecule has 0 spiro atoms. The zero-order chi connectivity index (χ0) is 17.2. The van der Waals surface area contributed by atoms with Crippen molar-refractivity contribution < 1.29 is 51.1 Å². The molecule has 0 aliphatic heterocycles. The fraction of sp³-hybridized carbons (Fsp3) is 0. The molecule has 22 heavy (non-hydrogen) atoms. The number of rotatable bonds is 0. The highest BCUT2D eigenvalue weighted by molar-refractivity contribution is 5.45. The molecule has 1 aromatic rings. The van der Waals surface area contributed by atoms with Crippen LogP contribution in [0.15, 0.2) is 0 Å². The molecule has 0 aliphatic rings. The lowest BCUT2D eigenvalue weighted by Gasteiger charge is -2.02. The maximum Gasteiger partial charge on any atom is 0.283 e. The van der Waals surface area contributed by atoms with Gasteiger partial charge in [-0.2, -0.15) is 0 Å². The minimum absolute atomic E-state index is 0.115. The summed E-state index contributed by atoms with van der Waals surface area (Å²) in [4.78, 5) is 0. The topological polar surface area (TPSA) is 202 Å². The average Bonchev–Trinajstić information content (AvgIpc) is 2.42. The lowest BCUT2D eigenvalue weighted by molar-refractivity contribution is 0.283. The number of hydrogen-bond acceptors (Lipinski definition) is 10. The Kier molecular flexibility index (Phi) is 4.37. The maximum absolute atomic E-state index is 9.23. The second-order valence-corrected chi connectivity index (χ2v) is 3.88. The van der Waals surface area contributed by atoms with Crippen LogP contribution < -0.4 is 31.3 Å². The summed E-state index contributed by atoms with van der Waals surface area (Å²) in [6.45, 7) is 0. The van der Waals surface area contributed by atoms with E-state index in [0.717, 1.165) is 0 Å². The zero-order valence-corrected chi connectivity index (χ0v) is 10.6. The van der Waals surface area contributed by atoms with Crippen LogP contribution in [0.5, 0.6) is 0 Å². The van der Waals surface area contributed by atoms with E-state index in [1.54, 1.807) is 0 Å². The predicted octanol–water partition coefficient (Wildman–Crippen LogP) is -2.99. The molecular weight excluding hydrogens is 304 g/mol. The first-order valence-corrected chi connectivity index (χ1v) is 5.38. The van der Waals surface area contributed by atoms with Gasteiger partial charge in [0.15, 0.2) is 0 Å². The van der Waals surface area contributed by atoms with Gasteiger partial charge in [-0.05, 0) is 0 Å². The molecule has 0 amide bonds. The number of aliphatic hydroxyl groups excluding tert-OH is 6. The van der Waals surface area contributed by atoms with Crippen molar-refractivity contribution in [1.29, 1.82) is 0 Å². The maximum atomic E-state index is 9.23. The predicted molar refractivity (Wildman–Crippen MR) is 73.0 cm³/mol. The van der Waals surface area contributed by atoms with E-state index in [2.05, 4.69) is 0 Å². The monoisotopic (exact) mass is 316 g/mol. The minimum Gasteiger partial charge on any atom is -0.515 e. The molecule has 1 aromatic carbocycles. The van der Waals surface area contributed by atoms with Crippen molar-refractivity contribution in [3.05, 3.63) is 31.3 Å². The number of benzene rings is 1. The Morgan fingerprint density at radius 2 is 0.636 bits per heavy atom. The van der Waals surface area contributed by atoms with Gasteiger partial charge in [-0.1, -0.05) is 0 Å². The summed E-state index contributed by atoms with van der Waals surface area (Å²) in [6.07, 6.45) is 0.229. The Labute approximate surface area is 119 Å². The third-order valence-electron chi connectivity index (χ3n) is 2.73. The normalized spacial score (nSPS) is 9.82. The van der Waals surface area contributed by atoms with Crippen molar-refractivity contribution in [3.8, 4) is 0 Å². The van der Waals surface area contributed by atoms with Gasteiger partial charge in [-0.15, -0.1) is 0 Å². The van der Waals surface area contributed by atoms with Crippen molar-refractivity contribution in [3.63, 3.8) is 0 Å². The van der Waals surface area contributed by atoms with Crippen molar-refractivity contribution in [2.24, 2.45) is 0 Å². The molecule has 10 nitrogen and oxygen atoms in total. The standard InChI is InChI=1S/C12H12O10/c13-1-3-5(9(15)16)7(11(19)20)4(2-14)8(12(21)22)6(3)10(17)18/h1-2,13-22H. The van der Waals surface area contributed by atoms with Crippen molar-refractivity contribution in [2.75, 3.05) is 0 Å². The Bertz CT molecular complexity index is 803. The Balaban J connectivity index is 5.07. The molecule has 0 aliphatic carbocycles. The summed E-state index contributed by atoms with van der Waals surface area (Å²) < 4.78 is 0. The van der Waals surface area contributed by atoms with Crippen LogP contribution in [0.25, 0.3) is 36.3 Å². The Morgan fingerprint density at radius 1 is 0.455 bits per heavy atom. The third kappa shape index (κ3) is 2.40. The van der Waals surface area contributed by atoms with E-state index in [1.165, 1.54) is 0 Å². The van der Waals surface area contributed by atoms with Gasteiger partial charge in [0, 0.05) is 10.4 Å². The minimum atomic E-state index is -1.59. The van der Waals surface area contributed by atoms with Crippen LogP contribution in [-0.4, -0.2) is 51.1 Å². The zero-order valence-electron chi connectivity index (χ0n) is 10.6. The fourth-order valence-electron chi connectivity index (χ4n) is 1.98. The van der Waals surface area contributed by atoms with Crippen LogP contribution in [0.4, 0.5) is 0 Å². The quantitative estimate of drug-likeness (QED) is 0.235. The first-order valence-electron chi connectivity index (χ1n) is 5.38. The van der Waals surface area contributed by atoms with E-state index in [4.69, 9.17) is 10.2 Å². The molecule has 0 saturated carbocycles. The third-order valence-corrected chi connectivity index (χ3v) is 2.73. The summed E-state index contributed by atoms with van der Waals surface area (Å²) in [5, 5.41) is 86.8. The molecule has 0 heterocycles. The van der Waals surface area contributed by atoms with Gasteiger partial charge in [-0.25, -0.2) is 0 Å². The van der Waals surface area contributed by atoms with Crippen LogP contribution in [-0.2, 0) is 0 Å². The molecule has 120 valence electrons. The van der Waals surface area contributed by atoms with Crippen molar-refractivity contribution in [2.45, 2.75) is 0 Å². The molecule has 0 fully saturated rings. The smallest absolute Gasteiger partial charge is 0.283 e. The van der Waals surface area contributed by atoms with Gasteiger partial charge in [0.05, 0.1) is 33.4 Å². The van der Waals surface area contributed by atoms with Crippen LogP contribution >= 0.6 is 0 Å². The Hall–Kier alpha value is -3.56. The van der Waals surface area contributed by atoms with Crippen molar-refractivity contribution >= 4 is 36.3 Å². The van der Waals surface area contributed by atoms with Crippen LogP contribution in [0.2, 0.25) is 0 Å². The largest absolute Gasteiger partial charge is 0.515 e. The summed E-state index contributed by atoms with van der Waals surface area (Å²) in [6, 6.07) is 0. The van der Waals surface area contributed by atoms with Gasteiger partial charge in [0.2, 0.25) is 0 Å². The fourth-order valence-corrected chi connectivity index (χ4v) is 1.98. The van der Waals surface area contributed by atoms with Gasteiger partial charge in [-0.3, -0.25) is 0 Å². The first-order chi connectivity index (χ1) is 10.2. The van der Waals surface area contributed by atoms with E-state index in [0.29, 0.717) is 0 Å². The van der Waals surface area contributed by atoms with E-state index in [9.17, 15) is 40.9 Å². The molecule has 0 aromatic heterocycles. The molecule has 0 unspecified atom stereocenters. The molecular formula is C12H12O10. The second-order valence-electron chi connectivity index (χ2n) is 3.88. The number of aliphatic hydroxyl groups is 10. The van der Waals surface area contributed by atoms with Crippen LogP contribution in [0.3, 0.4) is 0 Å². The van der Waals surface area contributed by atoms with Gasteiger partial charge < -0.3 is 51.1 Å². The highest BCUT2D eigenvalue weighted by Gasteiger charge is 2.13. The summed E-state index contributed by atoms with van der Waals surface area (Å²) in [5.41, 5.74) is 0. The average molecular weight is 316 g/mol. The molecule has 0 saturated heterocycles. The van der Waals surface area contributed by atoms with Gasteiger partial charge in [0.25, 0.3) is 23.8 Å². The van der Waals surface area contributed by atoms with Crippen LogP contribution in [0, 0.1) is 0 Å². The second kappa shape index (κ2) is 5.83. The van der Waals surface area contributed by atoms with E-state index in [-0.39, 0.29) is 12.5 Å². The summed E-state index contributed by atoms with van der Waals surface area (Å²) in [7, 11) is 0. The van der Waals surface area contributed by atoms with Gasteiger partial charge >= 0.3 is 0 Å². The molecule has 0 bridgehead atoms. The highest BCUT2D eigenvalue weighted by Crippen LogP contribution is 1.74. The Morgan fingerprint density at radius 3 is 0.727 bits per heavy atom. The SMILES string of the molecule is OC=c1c(=C(O)O)c(=C(O)O)c(=CO)c(=C(O)O)c1=C(O)O. The molecule has 10 heteroatoms. The van der Waals surface area contributed by atoms with Crippen molar-refractivity contribution in [1.82, 2.24) is 0 Å². The van der Waals surface area contributed by atoms with Crippen LogP contribution in [0.1, 0.15) is 0 Å². The van der Waals surface area contributed by atoms with Gasteiger partial charge in [0.1, 0.15) is 0 Å².